The predicted molar refractivity (Wildman–Crippen MR) is 89.3 cm³/mol. The maximum atomic E-state index is 11.9. The Labute approximate surface area is 142 Å². The highest BCUT2D eigenvalue weighted by molar-refractivity contribution is 5.97. The minimum atomic E-state index is -0.935. The molecule has 1 aliphatic rings. The van der Waals surface area contributed by atoms with Crippen LogP contribution in [-0.2, 0) is 9.59 Å². The van der Waals surface area contributed by atoms with E-state index in [9.17, 15) is 24.9 Å². The van der Waals surface area contributed by atoms with Crippen molar-refractivity contribution in [3.05, 3.63) is 12.3 Å². The van der Waals surface area contributed by atoms with Crippen molar-refractivity contribution in [2.24, 2.45) is 0 Å². The van der Waals surface area contributed by atoms with Gasteiger partial charge < -0.3 is 26.0 Å². The van der Waals surface area contributed by atoms with Crippen molar-refractivity contribution in [1.29, 1.82) is 0 Å². The summed E-state index contributed by atoms with van der Waals surface area (Å²) in [6.45, 7) is 7.95. The first kappa shape index (κ1) is 20.4. The summed E-state index contributed by atoms with van der Waals surface area (Å²) in [7, 11) is 0. The standard InChI is InChI=1S/C16H29N3O5/c1-10(20)8-19(9-11(2)21)7-5-4-6-13-15(23)18-14(12(3)22)16(24)17-13/h11-14,20-22H,1,4-9H2,2-3H3,(H,17,24)(H,18,23). The third-order valence-electron chi connectivity index (χ3n) is 3.84. The van der Waals surface area contributed by atoms with Gasteiger partial charge in [0.2, 0.25) is 11.8 Å². The highest BCUT2D eigenvalue weighted by Gasteiger charge is 2.35. The molecule has 0 aliphatic carbocycles. The quantitative estimate of drug-likeness (QED) is 0.263. The van der Waals surface area contributed by atoms with Crippen LogP contribution in [0.3, 0.4) is 0 Å². The SMILES string of the molecule is C=C(O)CN(CCCCC1NC(=O)C(C(C)O)NC1=O)CC(C)O. The minimum Gasteiger partial charge on any atom is -0.512 e. The average Bonchev–Trinajstić information content (AvgIpc) is 2.44. The van der Waals surface area contributed by atoms with Crippen LogP contribution in [0.25, 0.3) is 0 Å². The highest BCUT2D eigenvalue weighted by atomic mass is 16.3. The molecule has 1 heterocycles. The smallest absolute Gasteiger partial charge is 0.245 e. The number of unbranched alkanes of at least 4 members (excludes halogenated alkanes) is 1. The van der Waals surface area contributed by atoms with Gasteiger partial charge in [-0.05, 0) is 39.7 Å². The van der Waals surface area contributed by atoms with Crippen LogP contribution in [0.15, 0.2) is 12.3 Å². The van der Waals surface area contributed by atoms with Crippen LogP contribution >= 0.6 is 0 Å². The Morgan fingerprint density at radius 3 is 2.42 bits per heavy atom. The first-order valence-corrected chi connectivity index (χ1v) is 8.26. The lowest BCUT2D eigenvalue weighted by Crippen LogP contribution is -2.64. The molecule has 0 aromatic rings. The Hall–Kier alpha value is -1.64. The lowest BCUT2D eigenvalue weighted by atomic mass is 10.0. The maximum Gasteiger partial charge on any atom is 0.245 e. The van der Waals surface area contributed by atoms with E-state index in [1.807, 2.05) is 4.90 Å². The molecule has 1 aliphatic heterocycles. The Morgan fingerprint density at radius 1 is 1.21 bits per heavy atom. The fraction of sp³-hybridized carbons (Fsp3) is 0.750. The number of amides is 2. The second-order valence-electron chi connectivity index (χ2n) is 6.43. The van der Waals surface area contributed by atoms with E-state index in [2.05, 4.69) is 17.2 Å². The molecule has 0 saturated carbocycles. The van der Waals surface area contributed by atoms with Crippen molar-refractivity contribution < 1.29 is 24.9 Å². The molecule has 138 valence electrons. The second-order valence-corrected chi connectivity index (χ2v) is 6.43. The van der Waals surface area contributed by atoms with Gasteiger partial charge in [0, 0.05) is 6.54 Å². The number of rotatable bonds is 10. The number of carbonyl (C=O) groups is 2. The molecule has 8 heteroatoms. The number of hydrogen-bond donors (Lipinski definition) is 5. The second kappa shape index (κ2) is 9.61. The van der Waals surface area contributed by atoms with Crippen LogP contribution in [0.1, 0.15) is 33.1 Å². The largest absolute Gasteiger partial charge is 0.512 e. The molecular weight excluding hydrogens is 314 g/mol. The van der Waals surface area contributed by atoms with Crippen molar-refractivity contribution in [1.82, 2.24) is 15.5 Å². The Kier molecular flexibility index (Phi) is 8.17. The third-order valence-corrected chi connectivity index (χ3v) is 3.84. The Morgan fingerprint density at radius 2 is 1.88 bits per heavy atom. The predicted octanol–water partition coefficient (Wildman–Crippen LogP) is -0.725. The molecule has 1 saturated heterocycles. The lowest BCUT2D eigenvalue weighted by molar-refractivity contribution is -0.139. The summed E-state index contributed by atoms with van der Waals surface area (Å²) >= 11 is 0. The fourth-order valence-electron chi connectivity index (χ4n) is 2.74. The molecule has 24 heavy (non-hydrogen) atoms. The number of piperazine rings is 1. The Bertz CT molecular complexity index is 453. The van der Waals surface area contributed by atoms with Gasteiger partial charge in [-0.2, -0.15) is 0 Å². The van der Waals surface area contributed by atoms with Gasteiger partial charge in [0.15, 0.2) is 0 Å². The summed E-state index contributed by atoms with van der Waals surface area (Å²) in [4.78, 5) is 25.6. The molecule has 4 unspecified atom stereocenters. The topological polar surface area (TPSA) is 122 Å². The van der Waals surface area contributed by atoms with Gasteiger partial charge in [-0.1, -0.05) is 6.58 Å². The normalized spacial score (nSPS) is 23.5. The summed E-state index contributed by atoms with van der Waals surface area (Å²) in [6, 6.07) is -1.49. The molecule has 0 aromatic heterocycles. The van der Waals surface area contributed by atoms with Crippen LogP contribution in [0.4, 0.5) is 0 Å². The van der Waals surface area contributed by atoms with Crippen LogP contribution in [0.2, 0.25) is 0 Å². The van der Waals surface area contributed by atoms with Gasteiger partial charge in [0.05, 0.1) is 24.5 Å². The molecule has 0 aromatic carbocycles. The number of hydrogen-bond acceptors (Lipinski definition) is 6. The van der Waals surface area contributed by atoms with Gasteiger partial charge >= 0.3 is 0 Å². The van der Waals surface area contributed by atoms with Gasteiger partial charge in [0.1, 0.15) is 12.1 Å². The van der Waals surface area contributed by atoms with Gasteiger partial charge in [-0.25, -0.2) is 0 Å². The summed E-state index contributed by atoms with van der Waals surface area (Å²) in [5.41, 5.74) is 0. The average molecular weight is 343 g/mol. The minimum absolute atomic E-state index is 0.0405. The number of nitrogens with one attached hydrogen (secondary N) is 2. The molecule has 0 spiro atoms. The molecule has 0 bridgehead atoms. The van der Waals surface area contributed by atoms with Crippen molar-refractivity contribution in [2.45, 2.75) is 57.4 Å². The van der Waals surface area contributed by atoms with Crippen molar-refractivity contribution in [3.8, 4) is 0 Å². The molecule has 1 rings (SSSR count). The first-order chi connectivity index (χ1) is 11.2. The van der Waals surface area contributed by atoms with E-state index in [-0.39, 0.29) is 17.6 Å². The number of aliphatic hydroxyl groups excluding tert-OH is 3. The summed E-state index contributed by atoms with van der Waals surface area (Å²) in [6.07, 6.45) is 0.499. The van der Waals surface area contributed by atoms with Crippen LogP contribution < -0.4 is 10.6 Å². The summed E-state index contributed by atoms with van der Waals surface area (Å²) in [5, 5.41) is 33.3. The van der Waals surface area contributed by atoms with E-state index in [4.69, 9.17) is 0 Å². The zero-order chi connectivity index (χ0) is 18.3. The van der Waals surface area contributed by atoms with Crippen molar-refractivity contribution >= 4 is 11.8 Å². The van der Waals surface area contributed by atoms with Crippen molar-refractivity contribution in [3.63, 3.8) is 0 Å². The maximum absolute atomic E-state index is 11.9. The van der Waals surface area contributed by atoms with E-state index in [0.29, 0.717) is 32.5 Å². The first-order valence-electron chi connectivity index (χ1n) is 8.26. The lowest BCUT2D eigenvalue weighted by Gasteiger charge is -2.31. The van der Waals surface area contributed by atoms with Crippen LogP contribution in [-0.4, -0.2) is 76.0 Å². The molecule has 5 N–H and O–H groups in total. The number of aliphatic hydroxyl groups is 3. The molecule has 1 fully saturated rings. The molecule has 8 nitrogen and oxygen atoms in total. The number of nitrogens with zero attached hydrogens (tertiary/aromatic N) is 1. The van der Waals surface area contributed by atoms with Gasteiger partial charge in [0.25, 0.3) is 0 Å². The number of carbonyl (C=O) groups excluding carboxylic acids is 2. The summed E-state index contributed by atoms with van der Waals surface area (Å²) < 4.78 is 0. The zero-order valence-electron chi connectivity index (χ0n) is 14.4. The zero-order valence-corrected chi connectivity index (χ0v) is 14.4. The van der Waals surface area contributed by atoms with E-state index in [1.54, 1.807) is 6.92 Å². The van der Waals surface area contributed by atoms with Crippen LogP contribution in [0.5, 0.6) is 0 Å². The van der Waals surface area contributed by atoms with E-state index in [0.717, 1.165) is 6.42 Å². The molecular formula is C16H29N3O5. The monoisotopic (exact) mass is 343 g/mol. The van der Waals surface area contributed by atoms with Crippen molar-refractivity contribution in [2.75, 3.05) is 19.6 Å². The Balaban J connectivity index is 2.37. The van der Waals surface area contributed by atoms with Gasteiger partial charge in [-0.3, -0.25) is 14.5 Å². The molecule has 0 radical (unpaired) electrons. The van der Waals surface area contributed by atoms with Crippen LogP contribution in [0, 0.1) is 0 Å². The molecule has 4 atom stereocenters. The molecule has 2 amide bonds. The van der Waals surface area contributed by atoms with Gasteiger partial charge in [-0.15, -0.1) is 0 Å². The van der Waals surface area contributed by atoms with E-state index < -0.39 is 24.3 Å². The summed E-state index contributed by atoms with van der Waals surface area (Å²) in [5.74, 6) is -0.620. The fourth-order valence-corrected chi connectivity index (χ4v) is 2.74. The van der Waals surface area contributed by atoms with E-state index in [1.165, 1.54) is 6.92 Å². The van der Waals surface area contributed by atoms with E-state index >= 15 is 0 Å². The highest BCUT2D eigenvalue weighted by Crippen LogP contribution is 2.09. The third kappa shape index (κ3) is 6.86.